The van der Waals surface area contributed by atoms with E-state index in [9.17, 15) is 5.11 Å². The number of rotatable bonds is 2. The number of furan rings is 1. The van der Waals surface area contributed by atoms with Crippen molar-refractivity contribution in [2.45, 2.75) is 25.9 Å². The maximum absolute atomic E-state index is 9.44. The molecule has 2 heteroatoms. The summed E-state index contributed by atoms with van der Waals surface area (Å²) in [6.45, 7) is 3.74. The lowest BCUT2D eigenvalue weighted by Crippen LogP contribution is -2.09. The summed E-state index contributed by atoms with van der Waals surface area (Å²) < 4.78 is 5.63. The zero-order valence-corrected chi connectivity index (χ0v) is 8.40. The van der Waals surface area contributed by atoms with Gasteiger partial charge in [0.25, 0.3) is 0 Å². The summed E-state index contributed by atoms with van der Waals surface area (Å²) in [5.41, 5.74) is 0.884. The van der Waals surface area contributed by atoms with Crippen LogP contribution in [-0.4, -0.2) is 11.2 Å². The minimum absolute atomic E-state index is 0.0439. The van der Waals surface area contributed by atoms with Gasteiger partial charge in [-0.05, 0) is 19.1 Å². The third kappa shape index (κ3) is 1.53. The molecule has 0 bridgehead atoms. The van der Waals surface area contributed by atoms with Crippen molar-refractivity contribution in [3.63, 3.8) is 0 Å². The number of benzene rings is 1. The minimum Gasteiger partial charge on any atom is -0.461 e. The molecule has 0 aliphatic rings. The standard InChI is InChI=1S/C12H14O2/c1-8(9(2)13)12-7-10-5-3-4-6-11(10)14-12/h3-9,13H,1-2H3. The van der Waals surface area contributed by atoms with Gasteiger partial charge in [0.2, 0.25) is 0 Å². The molecule has 0 amide bonds. The van der Waals surface area contributed by atoms with Crippen molar-refractivity contribution in [3.05, 3.63) is 36.1 Å². The topological polar surface area (TPSA) is 33.4 Å². The average molecular weight is 190 g/mol. The summed E-state index contributed by atoms with van der Waals surface area (Å²) in [5, 5.41) is 10.5. The van der Waals surface area contributed by atoms with Crippen LogP contribution >= 0.6 is 0 Å². The van der Waals surface area contributed by atoms with Crippen LogP contribution in [0.25, 0.3) is 11.0 Å². The molecular weight excluding hydrogens is 176 g/mol. The van der Waals surface area contributed by atoms with Crippen molar-refractivity contribution in [3.8, 4) is 0 Å². The van der Waals surface area contributed by atoms with Crippen molar-refractivity contribution in [2.24, 2.45) is 0 Å². The van der Waals surface area contributed by atoms with Crippen LogP contribution in [0.15, 0.2) is 34.7 Å². The SMILES string of the molecule is CC(O)C(C)c1cc2ccccc2o1. The Labute approximate surface area is 83.2 Å². The van der Waals surface area contributed by atoms with Gasteiger partial charge in [0.05, 0.1) is 6.10 Å². The summed E-state index contributed by atoms with van der Waals surface area (Å²) in [7, 11) is 0. The quantitative estimate of drug-likeness (QED) is 0.789. The lowest BCUT2D eigenvalue weighted by Gasteiger charge is -2.10. The first kappa shape index (κ1) is 9.28. The van der Waals surface area contributed by atoms with Crippen molar-refractivity contribution in [1.29, 1.82) is 0 Å². The molecule has 0 spiro atoms. The Morgan fingerprint density at radius 2 is 1.93 bits per heavy atom. The lowest BCUT2D eigenvalue weighted by atomic mass is 10.0. The van der Waals surface area contributed by atoms with Gasteiger partial charge in [0, 0.05) is 11.3 Å². The van der Waals surface area contributed by atoms with Crippen molar-refractivity contribution in [2.75, 3.05) is 0 Å². The molecule has 2 atom stereocenters. The van der Waals surface area contributed by atoms with Crippen LogP contribution in [0.3, 0.4) is 0 Å². The van der Waals surface area contributed by atoms with Gasteiger partial charge in [-0.25, -0.2) is 0 Å². The molecule has 1 aromatic heterocycles. The maximum Gasteiger partial charge on any atom is 0.134 e. The lowest BCUT2D eigenvalue weighted by molar-refractivity contribution is 0.159. The fourth-order valence-corrected chi connectivity index (χ4v) is 1.46. The van der Waals surface area contributed by atoms with Gasteiger partial charge >= 0.3 is 0 Å². The van der Waals surface area contributed by atoms with Gasteiger partial charge in [-0.2, -0.15) is 0 Å². The molecule has 2 unspecified atom stereocenters. The summed E-state index contributed by atoms with van der Waals surface area (Å²) in [4.78, 5) is 0. The number of para-hydroxylation sites is 1. The summed E-state index contributed by atoms with van der Waals surface area (Å²) >= 11 is 0. The first-order chi connectivity index (χ1) is 6.68. The fourth-order valence-electron chi connectivity index (χ4n) is 1.46. The summed E-state index contributed by atoms with van der Waals surface area (Å²) in [5.74, 6) is 0.892. The summed E-state index contributed by atoms with van der Waals surface area (Å²) in [6.07, 6.45) is -0.379. The highest BCUT2D eigenvalue weighted by atomic mass is 16.3. The molecule has 1 heterocycles. The predicted octanol–water partition coefficient (Wildman–Crippen LogP) is 2.92. The van der Waals surface area contributed by atoms with E-state index in [1.807, 2.05) is 37.3 Å². The van der Waals surface area contributed by atoms with Crippen LogP contribution < -0.4 is 0 Å². The average Bonchev–Trinajstić information content (AvgIpc) is 2.59. The number of hydrogen-bond acceptors (Lipinski definition) is 2. The molecule has 1 N–H and O–H groups in total. The highest BCUT2D eigenvalue weighted by Gasteiger charge is 2.15. The van der Waals surface area contributed by atoms with Crippen molar-refractivity contribution < 1.29 is 9.52 Å². The van der Waals surface area contributed by atoms with E-state index in [-0.39, 0.29) is 12.0 Å². The van der Waals surface area contributed by atoms with E-state index in [4.69, 9.17) is 4.42 Å². The Hall–Kier alpha value is -1.28. The number of aliphatic hydroxyl groups excluding tert-OH is 1. The molecule has 0 radical (unpaired) electrons. The monoisotopic (exact) mass is 190 g/mol. The molecule has 74 valence electrons. The molecule has 14 heavy (non-hydrogen) atoms. The van der Waals surface area contributed by atoms with Gasteiger partial charge in [-0.1, -0.05) is 25.1 Å². The molecule has 0 aliphatic carbocycles. The minimum atomic E-state index is -0.379. The molecule has 1 aromatic carbocycles. The molecule has 0 saturated heterocycles. The van der Waals surface area contributed by atoms with Crippen LogP contribution in [-0.2, 0) is 0 Å². The first-order valence-corrected chi connectivity index (χ1v) is 4.85. The molecule has 2 nitrogen and oxygen atoms in total. The van der Waals surface area contributed by atoms with Gasteiger partial charge in [0.15, 0.2) is 0 Å². The number of aliphatic hydroxyl groups is 1. The van der Waals surface area contributed by atoms with Crippen molar-refractivity contribution >= 4 is 11.0 Å². The third-order valence-electron chi connectivity index (χ3n) is 2.62. The molecular formula is C12H14O2. The first-order valence-electron chi connectivity index (χ1n) is 4.85. The Kier molecular flexibility index (Phi) is 2.30. The highest BCUT2D eigenvalue weighted by molar-refractivity contribution is 5.77. The molecule has 2 aromatic rings. The van der Waals surface area contributed by atoms with E-state index in [0.717, 1.165) is 16.7 Å². The fraction of sp³-hybridized carbons (Fsp3) is 0.333. The highest BCUT2D eigenvalue weighted by Crippen LogP contribution is 2.26. The molecule has 0 fully saturated rings. The predicted molar refractivity (Wildman–Crippen MR) is 56.3 cm³/mol. The Bertz CT molecular complexity index is 396. The van der Waals surface area contributed by atoms with E-state index in [1.165, 1.54) is 0 Å². The second kappa shape index (κ2) is 3.46. The number of fused-ring (bicyclic) bond motifs is 1. The van der Waals surface area contributed by atoms with E-state index >= 15 is 0 Å². The normalized spacial score (nSPS) is 15.6. The largest absolute Gasteiger partial charge is 0.461 e. The van der Waals surface area contributed by atoms with Crippen LogP contribution in [0.5, 0.6) is 0 Å². The molecule has 0 saturated carbocycles. The Morgan fingerprint density at radius 1 is 1.21 bits per heavy atom. The van der Waals surface area contributed by atoms with Gasteiger partial charge in [-0.3, -0.25) is 0 Å². The van der Waals surface area contributed by atoms with E-state index in [1.54, 1.807) is 6.92 Å². The van der Waals surface area contributed by atoms with Gasteiger partial charge in [-0.15, -0.1) is 0 Å². The zero-order valence-electron chi connectivity index (χ0n) is 8.40. The van der Waals surface area contributed by atoms with E-state index < -0.39 is 0 Å². The van der Waals surface area contributed by atoms with Crippen LogP contribution in [0, 0.1) is 0 Å². The second-order valence-corrected chi connectivity index (χ2v) is 3.72. The summed E-state index contributed by atoms with van der Waals surface area (Å²) in [6, 6.07) is 9.87. The number of hydrogen-bond donors (Lipinski definition) is 1. The maximum atomic E-state index is 9.44. The Morgan fingerprint density at radius 3 is 2.57 bits per heavy atom. The smallest absolute Gasteiger partial charge is 0.134 e. The van der Waals surface area contributed by atoms with E-state index in [0.29, 0.717) is 0 Å². The second-order valence-electron chi connectivity index (χ2n) is 3.72. The van der Waals surface area contributed by atoms with E-state index in [2.05, 4.69) is 0 Å². The molecule has 0 aliphatic heterocycles. The van der Waals surface area contributed by atoms with Crippen LogP contribution in [0.2, 0.25) is 0 Å². The third-order valence-corrected chi connectivity index (χ3v) is 2.62. The zero-order chi connectivity index (χ0) is 10.1. The van der Waals surface area contributed by atoms with Gasteiger partial charge in [0.1, 0.15) is 11.3 Å². The molecule has 2 rings (SSSR count). The van der Waals surface area contributed by atoms with Crippen LogP contribution in [0.1, 0.15) is 25.5 Å². The van der Waals surface area contributed by atoms with Crippen molar-refractivity contribution in [1.82, 2.24) is 0 Å². The Balaban J connectivity index is 2.45. The van der Waals surface area contributed by atoms with Gasteiger partial charge < -0.3 is 9.52 Å². The van der Waals surface area contributed by atoms with Crippen LogP contribution in [0.4, 0.5) is 0 Å².